The first-order chi connectivity index (χ1) is 28.3. The number of aromatic nitrogens is 6. The van der Waals surface area contributed by atoms with Gasteiger partial charge in [-0.3, -0.25) is 9.59 Å². The minimum atomic E-state index is -4.71. The summed E-state index contributed by atoms with van der Waals surface area (Å²) in [5, 5.41) is 24.7. The lowest BCUT2D eigenvalue weighted by atomic mass is 10.0. The number of ether oxygens (including phenoxy) is 1. The molecule has 0 unspecified atom stereocenters. The van der Waals surface area contributed by atoms with E-state index in [1.54, 1.807) is 61.2 Å². The lowest BCUT2D eigenvalue weighted by Gasteiger charge is -2.15. The van der Waals surface area contributed by atoms with Crippen LogP contribution in [0.15, 0.2) is 77.8 Å². The number of carbonyl (C=O) groups is 3. The van der Waals surface area contributed by atoms with Gasteiger partial charge in [-0.15, -0.1) is 0 Å². The van der Waals surface area contributed by atoms with E-state index in [1.165, 1.54) is 18.3 Å². The molecule has 0 aromatic carbocycles. The van der Waals surface area contributed by atoms with Crippen LogP contribution in [0.4, 0.5) is 37.7 Å². The number of fused-ring (bicyclic) bond motifs is 2. The van der Waals surface area contributed by atoms with Crippen molar-refractivity contribution in [3.05, 3.63) is 118 Å². The van der Waals surface area contributed by atoms with Crippen LogP contribution in [0.25, 0.3) is 11.3 Å². The molecule has 0 radical (unpaired) electrons. The minimum absolute atomic E-state index is 0.0139. The fraction of sp³-hybridized carbons (Fsp3) is 0.325. The standard InChI is InChI=1S/C21H21F3N4O4.C19H18BrF3N4O2/c1-20(2,31)8-7-12-10-28-11-15(13(19(30)32-3)9-17(28)25-12)27-18(29)14-5-4-6-16(26-14)21(22,23)24;1-18(2,29)7-6-11-9-27-10-14(12(20)8-16(27)24-11)26-17(28)13-4-3-5-15(25-13)19(21,22)23/h4-6,9-11,31H,7-8H2,1-3H3,(H,27,29);3-5,8-10,29H,6-7H2,1-2H3,(H,26,28). The summed E-state index contributed by atoms with van der Waals surface area (Å²) in [6.45, 7) is 6.78. The summed E-state index contributed by atoms with van der Waals surface area (Å²) in [5.74, 6) is -2.46. The summed E-state index contributed by atoms with van der Waals surface area (Å²) in [4.78, 5) is 52.8. The van der Waals surface area contributed by atoms with Crippen molar-refractivity contribution in [2.24, 2.45) is 0 Å². The van der Waals surface area contributed by atoms with E-state index in [2.05, 4.69) is 46.5 Å². The number of hydrogen-bond acceptors (Lipinski definition) is 10. The molecule has 61 heavy (non-hydrogen) atoms. The van der Waals surface area contributed by atoms with E-state index in [0.717, 1.165) is 43.1 Å². The zero-order chi connectivity index (χ0) is 45.1. The van der Waals surface area contributed by atoms with Crippen LogP contribution >= 0.6 is 15.9 Å². The fourth-order valence-corrected chi connectivity index (χ4v) is 5.94. The first kappa shape index (κ1) is 46.1. The van der Waals surface area contributed by atoms with Gasteiger partial charge < -0.3 is 34.4 Å². The molecule has 6 aromatic heterocycles. The number of rotatable bonds is 11. The quantitative estimate of drug-likeness (QED) is 0.0735. The van der Waals surface area contributed by atoms with Gasteiger partial charge in [0, 0.05) is 29.3 Å². The Morgan fingerprint density at radius 3 is 1.52 bits per heavy atom. The highest BCUT2D eigenvalue weighted by Gasteiger charge is 2.34. The molecule has 2 amide bonds. The van der Waals surface area contributed by atoms with Crippen LogP contribution in [0.2, 0.25) is 0 Å². The Labute approximate surface area is 352 Å². The first-order valence-corrected chi connectivity index (χ1v) is 19.0. The number of alkyl halides is 6. The molecule has 14 nitrogen and oxygen atoms in total. The number of nitrogens with one attached hydrogen (secondary N) is 2. The van der Waals surface area contributed by atoms with E-state index in [9.17, 15) is 50.9 Å². The Morgan fingerprint density at radius 2 is 1.10 bits per heavy atom. The van der Waals surface area contributed by atoms with Crippen molar-refractivity contribution in [1.29, 1.82) is 0 Å². The van der Waals surface area contributed by atoms with Crippen LogP contribution in [0, 0.1) is 0 Å². The number of methoxy groups -OCH3 is 1. The molecule has 4 N–H and O–H groups in total. The van der Waals surface area contributed by atoms with Gasteiger partial charge in [0.1, 0.15) is 34.1 Å². The molecule has 0 saturated heterocycles. The van der Waals surface area contributed by atoms with E-state index < -0.39 is 58.4 Å². The fourth-order valence-electron chi connectivity index (χ4n) is 5.54. The lowest BCUT2D eigenvalue weighted by Crippen LogP contribution is -2.19. The zero-order valence-electron chi connectivity index (χ0n) is 33.1. The summed E-state index contributed by atoms with van der Waals surface area (Å²) in [7, 11) is 1.16. The van der Waals surface area contributed by atoms with Crippen LogP contribution < -0.4 is 10.6 Å². The molecule has 0 spiro atoms. The van der Waals surface area contributed by atoms with Crippen LogP contribution in [-0.4, -0.2) is 75.0 Å². The van der Waals surface area contributed by atoms with Crippen LogP contribution in [-0.2, 0) is 29.9 Å². The minimum Gasteiger partial charge on any atom is -0.465 e. The number of anilines is 2. The Bertz CT molecular complexity index is 2580. The maximum absolute atomic E-state index is 12.9. The number of amides is 2. The van der Waals surface area contributed by atoms with E-state index in [1.807, 2.05) is 0 Å². The largest absolute Gasteiger partial charge is 0.465 e. The van der Waals surface area contributed by atoms with E-state index in [-0.39, 0.29) is 16.9 Å². The Kier molecular flexibility index (Phi) is 13.6. The second kappa shape index (κ2) is 18.0. The van der Waals surface area contributed by atoms with Crippen molar-refractivity contribution in [3.8, 4) is 0 Å². The number of imidazole rings is 2. The predicted octanol–water partition coefficient (Wildman–Crippen LogP) is 7.96. The van der Waals surface area contributed by atoms with Gasteiger partial charge in [-0.1, -0.05) is 12.1 Å². The van der Waals surface area contributed by atoms with E-state index in [4.69, 9.17) is 4.74 Å². The number of halogens is 7. The van der Waals surface area contributed by atoms with E-state index >= 15 is 0 Å². The van der Waals surface area contributed by atoms with Gasteiger partial charge in [0.15, 0.2) is 0 Å². The normalized spacial score (nSPS) is 12.2. The van der Waals surface area contributed by atoms with Gasteiger partial charge in [0.05, 0.1) is 46.6 Å². The topological polar surface area (TPSA) is 185 Å². The van der Waals surface area contributed by atoms with Crippen molar-refractivity contribution in [2.75, 3.05) is 17.7 Å². The van der Waals surface area contributed by atoms with Gasteiger partial charge in [-0.25, -0.2) is 24.7 Å². The highest BCUT2D eigenvalue weighted by molar-refractivity contribution is 9.10. The molecule has 0 bridgehead atoms. The number of aryl methyl sites for hydroxylation is 2. The third-order valence-corrected chi connectivity index (χ3v) is 9.32. The molecule has 324 valence electrons. The number of nitrogens with zero attached hydrogens (tertiary/aromatic N) is 6. The summed E-state index contributed by atoms with van der Waals surface area (Å²) >= 11 is 3.34. The number of aliphatic hydroxyl groups is 2. The molecule has 21 heteroatoms. The number of pyridine rings is 4. The second-order valence-corrected chi connectivity index (χ2v) is 15.8. The van der Waals surface area contributed by atoms with Gasteiger partial charge in [-0.2, -0.15) is 26.3 Å². The predicted molar refractivity (Wildman–Crippen MR) is 213 cm³/mol. The van der Waals surface area contributed by atoms with Crippen molar-refractivity contribution in [3.63, 3.8) is 0 Å². The molecule has 0 atom stereocenters. The van der Waals surface area contributed by atoms with Crippen LogP contribution in [0.1, 0.15) is 94.6 Å². The van der Waals surface area contributed by atoms with Gasteiger partial charge in [0.25, 0.3) is 11.8 Å². The summed E-state index contributed by atoms with van der Waals surface area (Å²) < 4.78 is 85.7. The lowest BCUT2D eigenvalue weighted by molar-refractivity contribution is -0.142. The Balaban J connectivity index is 0.000000232. The Hall–Kier alpha value is -5.93. The van der Waals surface area contributed by atoms with Gasteiger partial charge >= 0.3 is 18.3 Å². The Morgan fingerprint density at radius 1 is 0.672 bits per heavy atom. The highest BCUT2D eigenvalue weighted by atomic mass is 79.9. The summed E-state index contributed by atoms with van der Waals surface area (Å²) in [6, 6.07) is 9.18. The highest BCUT2D eigenvalue weighted by Crippen LogP contribution is 2.30. The molecule has 6 aromatic rings. The molecule has 0 aliphatic rings. The van der Waals surface area contributed by atoms with Crippen molar-refractivity contribution in [1.82, 2.24) is 28.7 Å². The molecule has 0 fully saturated rings. The third-order valence-electron chi connectivity index (χ3n) is 8.67. The maximum atomic E-state index is 12.9. The first-order valence-electron chi connectivity index (χ1n) is 18.2. The molecule has 0 aliphatic heterocycles. The number of esters is 1. The van der Waals surface area contributed by atoms with Crippen molar-refractivity contribution in [2.45, 2.75) is 76.9 Å². The summed E-state index contributed by atoms with van der Waals surface area (Å²) in [5.41, 5.74) is -2.08. The molecule has 6 heterocycles. The third kappa shape index (κ3) is 12.6. The zero-order valence-corrected chi connectivity index (χ0v) is 34.7. The number of hydrogen-bond donors (Lipinski definition) is 4. The molecule has 0 aliphatic carbocycles. The maximum Gasteiger partial charge on any atom is 0.433 e. The van der Waals surface area contributed by atoms with Crippen molar-refractivity contribution < 1.29 is 55.7 Å². The molecular weight excluding hydrogens is 882 g/mol. The second-order valence-electron chi connectivity index (χ2n) is 15.0. The van der Waals surface area contributed by atoms with Crippen LogP contribution in [0.5, 0.6) is 0 Å². The van der Waals surface area contributed by atoms with Gasteiger partial charge in [0.2, 0.25) is 0 Å². The SMILES string of the molecule is CC(C)(O)CCc1cn2cc(NC(=O)c3cccc(C(F)(F)F)n3)c(Br)cc2n1.COC(=O)c1cc2nc(CCC(C)(C)O)cn2cc1NC(=O)c1cccc(C(F)(F)F)n1. The van der Waals surface area contributed by atoms with Crippen LogP contribution in [0.3, 0.4) is 0 Å². The number of carbonyl (C=O) groups excluding carboxylic acids is 3. The molecular formula is C40H39BrF6N8O6. The monoisotopic (exact) mass is 920 g/mol. The molecule has 6 rings (SSSR count). The molecule has 0 saturated carbocycles. The van der Waals surface area contributed by atoms with E-state index in [0.29, 0.717) is 52.8 Å². The average Bonchev–Trinajstić information content (AvgIpc) is 3.77. The average molecular weight is 922 g/mol. The smallest absolute Gasteiger partial charge is 0.433 e. The summed E-state index contributed by atoms with van der Waals surface area (Å²) in [6.07, 6.45) is -0.873. The van der Waals surface area contributed by atoms with Gasteiger partial charge in [-0.05, 0) is 106 Å². The van der Waals surface area contributed by atoms with Crippen molar-refractivity contribution >= 4 is 56.4 Å².